The molecule has 0 aliphatic carbocycles. The number of amides is 17. The third kappa shape index (κ3) is 30.0. The molecule has 0 radical (unpaired) electrons. The number of carboxylic acid groups (broad SMARTS) is 1. The van der Waals surface area contributed by atoms with Crippen molar-refractivity contribution in [1.82, 2.24) is 92.5 Å². The summed E-state index contributed by atoms with van der Waals surface area (Å²) in [5, 5.41) is 100. The van der Waals surface area contributed by atoms with Crippen molar-refractivity contribution in [3.63, 3.8) is 0 Å². The molecule has 0 saturated carbocycles. The van der Waals surface area contributed by atoms with Crippen molar-refractivity contribution in [2.45, 2.75) is 227 Å². The molecule has 3 aromatic carbocycles. The number of carbonyl (C=O) groups excluding carboxylic acids is 17. The van der Waals surface area contributed by atoms with Gasteiger partial charge in [0.2, 0.25) is 100 Å². The number of thioether (sulfide) groups is 1. The standard InChI is InChI=1S/C89H126N22O24S/c1-7-9-21-67-81(128)99-57(20-15-31-94-89(92)93)77(124)105-65(76(123)96-41-72(91)118)46-136-47-73(119)97-61(35-49-25-27-52(115)28-26-49)84(131)106(4)48(3)75(122)102-63(39-71(90)117)87(134)110-32-16-24-68(110)82(129)104-64(45-114)80(127)100-59(30-34-113)86(133)111-43-53(116)38-70(111)83(130)101-60(36-50-40-95-56-19-13-11-17-54(50)56)79(126)98-58(29-33-112)78(125)103-62(85(132)108(6)69(22-10-8-2)88(135)107(67)5)37-51-42-109(44-74(120)121)66-23-14-12-18-55(51)66/h11-14,17-19,23,25-28,40,42,48,53,57-65,67-70,95,112-116H,7-10,15-16,20-22,24,29-39,41,43-47H2,1-6H3,(H2,90,117)(H2,91,118)(H,96,123)(H,97,119)(H,98,126)(H,99,128)(H,100,127)(H,101,130)(H,102,122)(H,103,125)(H,104,129)(H,105,124)(H,120,121)(H4,92,93,94)/t48-,53+,57-,58-,59-,60-,61-,62-,63-,64-,65-,67-,68-,69-,70-/m0/s1. The second-order valence-electron chi connectivity index (χ2n) is 33.9. The summed E-state index contributed by atoms with van der Waals surface area (Å²) in [5.41, 5.74) is 18.8. The smallest absolute Gasteiger partial charge is 0.323 e. The van der Waals surface area contributed by atoms with Crippen LogP contribution in [0.4, 0.5) is 0 Å². The summed E-state index contributed by atoms with van der Waals surface area (Å²) in [4.78, 5) is 269. The highest BCUT2D eigenvalue weighted by Gasteiger charge is 2.47. The van der Waals surface area contributed by atoms with E-state index in [4.69, 9.17) is 22.6 Å². The lowest BCUT2D eigenvalue weighted by molar-refractivity contribution is -0.149. The highest BCUT2D eigenvalue weighted by atomic mass is 32.2. The second-order valence-corrected chi connectivity index (χ2v) is 35.0. The zero-order chi connectivity index (χ0) is 99.9. The number of aliphatic hydroxyl groups is 4. The number of likely N-dealkylation sites (N-methyl/N-ethyl adjacent to an activating group) is 3. The SMILES string of the molecule is CCCC[C@H]1C(=O)N(C)[C@@H](CCCC)C(=O)N[C@@H](CCCNC(=N)N)C(=O)N[C@H](C(=O)NCC(N)=O)CSCC(=O)N[C@@H](Cc2ccc(O)cc2)C(=O)N(C)[C@@H](C)C(=O)N[C@@H](CC(N)=O)C(=O)N2CCC[C@H]2C(=O)N[C@@H](CO)C(=O)N[C@@H](CCO)C(=O)N2C[C@H](O)C[C@H]2C(=O)N[C@@H](Cc2c[nH]c3ccccc23)C(=O)N[C@@H](CCO)C(=O)N[C@@H](Cc2cn(CC(=O)O)c3ccccc23)C(=O)N1C. The fourth-order valence-corrected chi connectivity index (χ4v) is 17.4. The van der Waals surface area contributed by atoms with Gasteiger partial charge in [0.1, 0.15) is 96.9 Å². The van der Waals surface area contributed by atoms with Crippen molar-refractivity contribution >= 4 is 146 Å². The molecule has 2 aromatic heterocycles. The Kier molecular flexibility index (Phi) is 41.1. The van der Waals surface area contributed by atoms with Gasteiger partial charge >= 0.3 is 5.97 Å². The molecule has 17 amide bonds. The van der Waals surface area contributed by atoms with Crippen molar-refractivity contribution in [2.24, 2.45) is 17.2 Å². The molecule has 47 heteroatoms. The van der Waals surface area contributed by atoms with Crippen LogP contribution in [0.3, 0.4) is 0 Å². The average molecular weight is 1920 g/mol. The Morgan fingerprint density at radius 1 is 0.537 bits per heavy atom. The molecule has 5 heterocycles. The van der Waals surface area contributed by atoms with E-state index in [1.165, 1.54) is 63.1 Å². The number of unbranched alkanes of at least 4 members (excludes halogenated alkanes) is 2. The number of guanidine groups is 1. The summed E-state index contributed by atoms with van der Waals surface area (Å²) >= 11 is 0.731. The Morgan fingerprint density at radius 3 is 1.74 bits per heavy atom. The maximum Gasteiger partial charge on any atom is 0.323 e. The molecule has 3 fully saturated rings. The number of aliphatic carboxylic acids is 1. The van der Waals surface area contributed by atoms with Gasteiger partial charge in [0.15, 0.2) is 5.96 Å². The fourth-order valence-electron chi connectivity index (χ4n) is 16.5. The minimum Gasteiger partial charge on any atom is -0.508 e. The van der Waals surface area contributed by atoms with Crippen molar-refractivity contribution in [1.29, 1.82) is 5.41 Å². The average Bonchev–Trinajstić information content (AvgIpc) is 1.63. The van der Waals surface area contributed by atoms with Crippen LogP contribution in [0.2, 0.25) is 0 Å². The molecular weight excluding hydrogens is 1790 g/mol. The van der Waals surface area contributed by atoms with Gasteiger partial charge in [-0.2, -0.15) is 0 Å². The number of primary amides is 2. The third-order valence-electron chi connectivity index (χ3n) is 24.0. The van der Waals surface area contributed by atoms with Gasteiger partial charge in [-0.1, -0.05) is 88.1 Å². The fraction of sp³-hybridized carbons (Fsp3) is 0.539. The Bertz CT molecular complexity index is 5130. The van der Waals surface area contributed by atoms with E-state index < -0.39 is 286 Å². The summed E-state index contributed by atoms with van der Waals surface area (Å²) < 4.78 is 1.40. The number of aromatic hydroxyl groups is 1. The van der Waals surface area contributed by atoms with Gasteiger partial charge in [-0.25, -0.2) is 0 Å². The molecule has 25 N–H and O–H groups in total. The van der Waals surface area contributed by atoms with E-state index in [-0.39, 0.29) is 83.0 Å². The molecule has 15 atom stereocenters. The molecule has 742 valence electrons. The number of para-hydroxylation sites is 2. The number of aliphatic hydroxyl groups excluding tert-OH is 4. The van der Waals surface area contributed by atoms with Gasteiger partial charge in [0.05, 0.1) is 31.4 Å². The van der Waals surface area contributed by atoms with Gasteiger partial charge < -0.3 is 140 Å². The summed E-state index contributed by atoms with van der Waals surface area (Å²) in [5.74, 6) is -20.4. The maximum atomic E-state index is 15.9. The number of carboxylic acids is 1. The maximum absolute atomic E-state index is 15.9. The molecule has 3 aliphatic heterocycles. The van der Waals surface area contributed by atoms with E-state index in [1.807, 2.05) is 0 Å². The van der Waals surface area contributed by atoms with Gasteiger partial charge in [0.25, 0.3) is 0 Å². The van der Waals surface area contributed by atoms with Crippen LogP contribution in [0.1, 0.15) is 127 Å². The van der Waals surface area contributed by atoms with E-state index in [2.05, 4.69) is 63.5 Å². The summed E-state index contributed by atoms with van der Waals surface area (Å²) in [6.45, 7) is -0.0811. The number of aromatic nitrogens is 2. The number of aromatic amines is 1. The van der Waals surface area contributed by atoms with Crippen LogP contribution in [0.25, 0.3) is 21.8 Å². The first kappa shape index (κ1) is 108. The molecule has 8 rings (SSSR count). The van der Waals surface area contributed by atoms with E-state index in [1.54, 1.807) is 68.6 Å². The lowest BCUT2D eigenvalue weighted by Crippen LogP contribution is -2.61. The number of benzene rings is 3. The molecule has 3 saturated heterocycles. The molecule has 136 heavy (non-hydrogen) atoms. The number of hydrogen-bond acceptors (Lipinski definition) is 25. The zero-order valence-corrected chi connectivity index (χ0v) is 77.5. The minimum atomic E-state index is -1.93. The summed E-state index contributed by atoms with van der Waals surface area (Å²) in [6.07, 6.45) is -1.05. The van der Waals surface area contributed by atoms with Crippen molar-refractivity contribution < 1.29 is 117 Å². The number of phenolic OH excluding ortho intramolecular Hbond substituents is 1. The highest BCUT2D eigenvalue weighted by Crippen LogP contribution is 2.29. The quantitative estimate of drug-likeness (QED) is 0.0126. The molecule has 46 nitrogen and oxygen atoms in total. The zero-order valence-electron chi connectivity index (χ0n) is 76.7. The largest absolute Gasteiger partial charge is 0.508 e. The van der Waals surface area contributed by atoms with E-state index in [9.17, 15) is 88.2 Å². The summed E-state index contributed by atoms with van der Waals surface area (Å²) in [7, 11) is 3.76. The topological polar surface area (TPSA) is 700 Å². The van der Waals surface area contributed by atoms with Gasteiger partial charge in [0, 0.05) is 120 Å². The van der Waals surface area contributed by atoms with E-state index in [0.29, 0.717) is 51.3 Å². The number of rotatable bonds is 28. The predicted octanol–water partition coefficient (Wildman–Crippen LogP) is -5.62. The van der Waals surface area contributed by atoms with Crippen molar-refractivity contribution in [3.8, 4) is 5.75 Å². The third-order valence-corrected chi connectivity index (χ3v) is 25.0. The highest BCUT2D eigenvalue weighted by molar-refractivity contribution is 8.00. The van der Waals surface area contributed by atoms with Crippen LogP contribution in [-0.4, -0.2) is 346 Å². The first-order valence-corrected chi connectivity index (χ1v) is 46.1. The number of H-pyrrole nitrogens is 1. The van der Waals surface area contributed by atoms with Crippen LogP contribution >= 0.6 is 11.8 Å². The predicted molar refractivity (Wildman–Crippen MR) is 493 cm³/mol. The Hall–Kier alpha value is -13.5. The Balaban J connectivity index is 1.21. The number of nitrogens with two attached hydrogens (primary N) is 3. The van der Waals surface area contributed by atoms with Gasteiger partial charge in [-0.3, -0.25) is 91.7 Å². The van der Waals surface area contributed by atoms with E-state index >= 15 is 28.8 Å². The van der Waals surface area contributed by atoms with Crippen LogP contribution in [0.15, 0.2) is 85.2 Å². The lowest BCUT2D eigenvalue weighted by atomic mass is 9.99. The first-order chi connectivity index (χ1) is 64.7. The number of phenols is 1. The Labute approximate surface area is 787 Å². The van der Waals surface area contributed by atoms with Gasteiger partial charge in [-0.15, -0.1) is 11.8 Å². The lowest BCUT2D eigenvalue weighted by Gasteiger charge is -2.36. The van der Waals surface area contributed by atoms with Crippen LogP contribution < -0.4 is 75.7 Å². The van der Waals surface area contributed by atoms with Crippen LogP contribution in [0, 0.1) is 5.41 Å². The van der Waals surface area contributed by atoms with Crippen molar-refractivity contribution in [3.05, 3.63) is 102 Å². The number of nitrogens with zero attached hydrogens (tertiary/aromatic N) is 6. The molecule has 0 spiro atoms. The van der Waals surface area contributed by atoms with Gasteiger partial charge in [-0.05, 0) is 99.2 Å². The molecule has 3 aliphatic rings. The number of carbonyl (C=O) groups is 18. The van der Waals surface area contributed by atoms with Crippen molar-refractivity contribution in [2.75, 3.05) is 78.6 Å². The van der Waals surface area contributed by atoms with Crippen LogP contribution in [-0.2, 0) is 112 Å². The monoisotopic (exact) mass is 1920 g/mol. The first-order valence-electron chi connectivity index (χ1n) is 45.0. The van der Waals surface area contributed by atoms with E-state index in [0.717, 1.165) is 36.3 Å². The minimum absolute atomic E-state index is 0.00118. The number of hydrogen-bond donors (Lipinski definition) is 22. The molecule has 0 bridgehead atoms. The second kappa shape index (κ2) is 51.8. The van der Waals surface area contributed by atoms with Crippen LogP contribution in [0.5, 0.6) is 5.75 Å². The Morgan fingerprint density at radius 2 is 1.09 bits per heavy atom. The normalized spacial score (nSPS) is 24.6. The number of nitrogens with one attached hydrogen (secondary N) is 13. The molecule has 0 unspecified atom stereocenters. The summed E-state index contributed by atoms with van der Waals surface area (Å²) in [6, 6.07) is -4.36. The number of fused-ring (bicyclic) bond motifs is 4. The molecular formula is C89H126N22O24S. The molecule has 5 aromatic rings.